The van der Waals surface area contributed by atoms with Gasteiger partial charge in [0.1, 0.15) is 0 Å². The second-order valence-corrected chi connectivity index (χ2v) is 6.06. The molecule has 15 heavy (non-hydrogen) atoms. The molecule has 0 saturated heterocycles. The van der Waals surface area contributed by atoms with Gasteiger partial charge in [-0.3, -0.25) is 11.3 Å². The maximum absolute atomic E-state index is 5.75. The molecule has 2 fully saturated rings. The summed E-state index contributed by atoms with van der Waals surface area (Å²) in [5, 5.41) is 0. The van der Waals surface area contributed by atoms with Crippen molar-refractivity contribution in [2.45, 2.75) is 58.4 Å². The smallest absolute Gasteiger partial charge is 0.0267 e. The van der Waals surface area contributed by atoms with Crippen LogP contribution in [0.1, 0.15) is 52.4 Å². The highest BCUT2D eigenvalue weighted by atomic mass is 15.2. The summed E-state index contributed by atoms with van der Waals surface area (Å²) in [4.78, 5) is 0. The van der Waals surface area contributed by atoms with Gasteiger partial charge in [0.05, 0.1) is 0 Å². The highest BCUT2D eigenvalue weighted by Gasteiger charge is 2.36. The highest BCUT2D eigenvalue weighted by molar-refractivity contribution is 4.90. The summed E-state index contributed by atoms with van der Waals surface area (Å²) in [6.07, 6.45) is 8.40. The Morgan fingerprint density at radius 2 is 1.60 bits per heavy atom. The van der Waals surface area contributed by atoms with Gasteiger partial charge in [-0.2, -0.15) is 0 Å². The van der Waals surface area contributed by atoms with E-state index in [1.54, 1.807) is 0 Å². The zero-order valence-corrected chi connectivity index (χ0v) is 10.2. The second-order valence-electron chi connectivity index (χ2n) is 6.06. The van der Waals surface area contributed by atoms with Crippen molar-refractivity contribution < 1.29 is 0 Å². The molecule has 0 aliphatic heterocycles. The average molecular weight is 210 g/mol. The number of nitrogens with one attached hydrogen (secondary N) is 1. The van der Waals surface area contributed by atoms with Crippen LogP contribution in [0, 0.1) is 23.7 Å². The van der Waals surface area contributed by atoms with Gasteiger partial charge in [0.2, 0.25) is 0 Å². The maximum atomic E-state index is 5.75. The Labute approximate surface area is 94.0 Å². The van der Waals surface area contributed by atoms with Crippen molar-refractivity contribution in [3.05, 3.63) is 0 Å². The normalized spacial score (nSPS) is 39.8. The summed E-state index contributed by atoms with van der Waals surface area (Å²) in [6, 6.07) is 0.601. The van der Waals surface area contributed by atoms with Gasteiger partial charge in [0.25, 0.3) is 0 Å². The fourth-order valence-corrected chi connectivity index (χ4v) is 3.76. The van der Waals surface area contributed by atoms with E-state index in [0.717, 1.165) is 23.7 Å². The van der Waals surface area contributed by atoms with Crippen LogP contribution in [0.5, 0.6) is 0 Å². The predicted octanol–water partition coefficient (Wildman–Crippen LogP) is 2.69. The van der Waals surface area contributed by atoms with Crippen LogP contribution in [0.2, 0.25) is 0 Å². The number of hydrazine groups is 1. The molecule has 2 aliphatic carbocycles. The van der Waals surface area contributed by atoms with Crippen LogP contribution in [0.25, 0.3) is 0 Å². The molecule has 0 spiro atoms. The van der Waals surface area contributed by atoms with Crippen molar-refractivity contribution in [2.75, 3.05) is 0 Å². The van der Waals surface area contributed by atoms with Gasteiger partial charge in [-0.25, -0.2) is 0 Å². The molecule has 2 rings (SSSR count). The third-order valence-corrected chi connectivity index (χ3v) is 4.57. The first-order valence-corrected chi connectivity index (χ1v) is 6.66. The third-order valence-electron chi connectivity index (χ3n) is 4.57. The van der Waals surface area contributed by atoms with E-state index >= 15 is 0 Å². The summed E-state index contributed by atoms with van der Waals surface area (Å²) < 4.78 is 0. The van der Waals surface area contributed by atoms with Crippen LogP contribution in [-0.2, 0) is 0 Å². The molecule has 2 aliphatic rings. The molecule has 0 bridgehead atoms. The first-order chi connectivity index (χ1) is 7.20. The molecule has 0 amide bonds. The fourth-order valence-electron chi connectivity index (χ4n) is 3.76. The predicted molar refractivity (Wildman–Crippen MR) is 64.1 cm³/mol. The van der Waals surface area contributed by atoms with Gasteiger partial charge in [0, 0.05) is 6.04 Å². The van der Waals surface area contributed by atoms with Gasteiger partial charge in [-0.1, -0.05) is 20.3 Å². The van der Waals surface area contributed by atoms with E-state index in [9.17, 15) is 0 Å². The van der Waals surface area contributed by atoms with Crippen molar-refractivity contribution in [2.24, 2.45) is 29.5 Å². The minimum absolute atomic E-state index is 0.601. The molecule has 0 aromatic rings. The van der Waals surface area contributed by atoms with Crippen molar-refractivity contribution >= 4 is 0 Å². The second kappa shape index (κ2) is 4.84. The zero-order chi connectivity index (χ0) is 10.8. The monoisotopic (exact) mass is 210 g/mol. The van der Waals surface area contributed by atoms with Crippen LogP contribution in [-0.4, -0.2) is 6.04 Å². The minimum atomic E-state index is 0.601. The maximum Gasteiger partial charge on any atom is 0.0267 e. The summed E-state index contributed by atoms with van der Waals surface area (Å²) in [6.45, 7) is 4.80. The molecular formula is C13H26N2. The number of hydrogen-bond acceptors (Lipinski definition) is 2. The Bertz CT molecular complexity index is 191. The molecule has 0 radical (unpaired) electrons. The lowest BCUT2D eigenvalue weighted by atomic mass is 9.67. The molecule has 2 saturated carbocycles. The van der Waals surface area contributed by atoms with Gasteiger partial charge < -0.3 is 0 Å². The Balaban J connectivity index is 1.93. The van der Waals surface area contributed by atoms with Gasteiger partial charge in [-0.15, -0.1) is 0 Å². The molecule has 0 aromatic carbocycles. The van der Waals surface area contributed by atoms with E-state index in [2.05, 4.69) is 19.3 Å². The standard InChI is InChI=1S/C13H26N2/c1-9-6-10(2)8-12(7-9)13(15-14)11-4-3-5-11/h9-13,15H,3-8,14H2,1-2H3. The quantitative estimate of drug-likeness (QED) is 0.555. The molecule has 88 valence electrons. The summed E-state index contributed by atoms with van der Waals surface area (Å²) in [7, 11) is 0. The van der Waals surface area contributed by atoms with Crippen molar-refractivity contribution in [1.29, 1.82) is 0 Å². The molecular weight excluding hydrogens is 184 g/mol. The van der Waals surface area contributed by atoms with E-state index in [-0.39, 0.29) is 0 Å². The Hall–Kier alpha value is -0.0800. The molecule has 0 aromatic heterocycles. The first-order valence-electron chi connectivity index (χ1n) is 6.66. The van der Waals surface area contributed by atoms with E-state index < -0.39 is 0 Å². The largest absolute Gasteiger partial charge is 0.271 e. The Morgan fingerprint density at radius 1 is 1.00 bits per heavy atom. The lowest BCUT2D eigenvalue weighted by Crippen LogP contribution is -2.49. The van der Waals surface area contributed by atoms with Crippen molar-refractivity contribution in [3.63, 3.8) is 0 Å². The van der Waals surface area contributed by atoms with Crippen LogP contribution >= 0.6 is 0 Å². The third kappa shape index (κ3) is 2.54. The molecule has 2 nitrogen and oxygen atoms in total. The lowest BCUT2D eigenvalue weighted by molar-refractivity contribution is 0.109. The van der Waals surface area contributed by atoms with Crippen LogP contribution < -0.4 is 11.3 Å². The SMILES string of the molecule is CC1CC(C)CC(C(NN)C2CCC2)C1. The zero-order valence-electron chi connectivity index (χ0n) is 10.2. The van der Waals surface area contributed by atoms with Crippen LogP contribution in [0.4, 0.5) is 0 Å². The summed E-state index contributed by atoms with van der Waals surface area (Å²) in [5.41, 5.74) is 3.11. The van der Waals surface area contributed by atoms with E-state index in [1.807, 2.05) is 0 Å². The average Bonchev–Trinajstić information content (AvgIpc) is 2.08. The minimum Gasteiger partial charge on any atom is -0.271 e. The molecule has 2 heteroatoms. The number of hydrogen-bond donors (Lipinski definition) is 2. The molecule has 3 atom stereocenters. The Morgan fingerprint density at radius 3 is 2.00 bits per heavy atom. The highest BCUT2D eigenvalue weighted by Crippen LogP contribution is 2.40. The van der Waals surface area contributed by atoms with Gasteiger partial charge >= 0.3 is 0 Å². The first kappa shape index (κ1) is 11.4. The van der Waals surface area contributed by atoms with E-state index in [0.29, 0.717) is 6.04 Å². The van der Waals surface area contributed by atoms with Gasteiger partial charge in [0.15, 0.2) is 0 Å². The topological polar surface area (TPSA) is 38.0 Å². The number of rotatable bonds is 3. The molecule has 3 N–H and O–H groups in total. The van der Waals surface area contributed by atoms with Crippen LogP contribution in [0.3, 0.4) is 0 Å². The lowest BCUT2D eigenvalue weighted by Gasteiger charge is -2.42. The summed E-state index contributed by atoms with van der Waals surface area (Å²) >= 11 is 0. The molecule has 0 heterocycles. The van der Waals surface area contributed by atoms with E-state index in [4.69, 9.17) is 5.84 Å². The van der Waals surface area contributed by atoms with Crippen molar-refractivity contribution in [3.8, 4) is 0 Å². The van der Waals surface area contributed by atoms with E-state index in [1.165, 1.54) is 38.5 Å². The number of nitrogens with two attached hydrogens (primary N) is 1. The Kier molecular flexibility index (Phi) is 3.68. The molecule has 3 unspecified atom stereocenters. The van der Waals surface area contributed by atoms with Crippen LogP contribution in [0.15, 0.2) is 0 Å². The van der Waals surface area contributed by atoms with Gasteiger partial charge in [-0.05, 0) is 55.8 Å². The van der Waals surface area contributed by atoms with Crippen molar-refractivity contribution in [1.82, 2.24) is 5.43 Å². The summed E-state index contributed by atoms with van der Waals surface area (Å²) in [5.74, 6) is 9.26. The fraction of sp³-hybridized carbons (Fsp3) is 1.00.